The molecule has 1 heterocycles. The van der Waals surface area contributed by atoms with Crippen molar-refractivity contribution in [2.24, 2.45) is 0 Å². The van der Waals surface area contributed by atoms with E-state index in [0.29, 0.717) is 11.3 Å². The molecule has 6 heteroatoms. The summed E-state index contributed by atoms with van der Waals surface area (Å²) in [6, 6.07) is 12.7. The van der Waals surface area contributed by atoms with Crippen molar-refractivity contribution >= 4 is 34.7 Å². The van der Waals surface area contributed by atoms with Gasteiger partial charge >= 0.3 is 0 Å². The topological polar surface area (TPSA) is 67.4 Å². The zero-order chi connectivity index (χ0) is 21.2. The van der Waals surface area contributed by atoms with Gasteiger partial charge in [-0.3, -0.25) is 9.59 Å². The third kappa shape index (κ3) is 4.98. The van der Waals surface area contributed by atoms with Crippen LogP contribution in [0.2, 0.25) is 0 Å². The summed E-state index contributed by atoms with van der Waals surface area (Å²) in [6.07, 6.45) is 2.47. The Morgan fingerprint density at radius 3 is 2.52 bits per heavy atom. The number of rotatable bonds is 5. The maximum atomic E-state index is 12.9. The molecular formula is C23H25ClN2O3. The molecule has 1 aliphatic heterocycles. The number of amides is 1. The standard InChI is InChI=1S/C23H25ClN2O3/c1-14(24)22(28)25-17-8-5-15(6-9-17)21(27)12-20-19-11-18(29-4)10-7-16(19)13-23(2,3)26-20/h5-12,14,26H,13H2,1-4H3,(H,25,28)/b20-12-. The van der Waals surface area contributed by atoms with Gasteiger partial charge in [0.25, 0.3) is 0 Å². The summed E-state index contributed by atoms with van der Waals surface area (Å²) in [4.78, 5) is 24.6. The van der Waals surface area contributed by atoms with Gasteiger partial charge in [0.15, 0.2) is 5.78 Å². The highest BCUT2D eigenvalue weighted by Crippen LogP contribution is 2.32. The summed E-state index contributed by atoms with van der Waals surface area (Å²) < 4.78 is 5.35. The average Bonchev–Trinajstić information content (AvgIpc) is 2.67. The lowest BCUT2D eigenvalue weighted by molar-refractivity contribution is -0.115. The molecule has 0 spiro atoms. The molecule has 0 fully saturated rings. The van der Waals surface area contributed by atoms with Crippen molar-refractivity contribution in [2.75, 3.05) is 12.4 Å². The second kappa shape index (κ2) is 8.29. The number of hydrogen-bond acceptors (Lipinski definition) is 4. The highest BCUT2D eigenvalue weighted by atomic mass is 35.5. The molecule has 0 radical (unpaired) electrons. The molecule has 0 aliphatic carbocycles. The van der Waals surface area contributed by atoms with Crippen LogP contribution in [0.4, 0.5) is 5.69 Å². The van der Waals surface area contributed by atoms with Crippen molar-refractivity contribution < 1.29 is 14.3 Å². The van der Waals surface area contributed by atoms with Crippen LogP contribution in [0.3, 0.4) is 0 Å². The first-order valence-corrected chi connectivity index (χ1v) is 9.89. The molecule has 1 aliphatic rings. The third-order valence-electron chi connectivity index (χ3n) is 4.79. The van der Waals surface area contributed by atoms with Crippen LogP contribution in [-0.4, -0.2) is 29.7 Å². The second-order valence-corrected chi connectivity index (χ2v) is 8.47. The Balaban J connectivity index is 1.87. The predicted octanol–water partition coefficient (Wildman–Crippen LogP) is 4.41. The van der Waals surface area contributed by atoms with E-state index >= 15 is 0 Å². The van der Waals surface area contributed by atoms with E-state index in [-0.39, 0.29) is 17.2 Å². The Bertz CT molecular complexity index is 963. The van der Waals surface area contributed by atoms with Gasteiger partial charge in [0.1, 0.15) is 11.1 Å². The summed E-state index contributed by atoms with van der Waals surface area (Å²) in [5, 5.41) is 5.54. The number of allylic oxidation sites excluding steroid dienone is 1. The number of fused-ring (bicyclic) bond motifs is 1. The maximum Gasteiger partial charge on any atom is 0.242 e. The molecule has 0 aromatic heterocycles. The molecule has 1 amide bonds. The number of halogens is 1. The van der Waals surface area contributed by atoms with Crippen LogP contribution in [-0.2, 0) is 11.2 Å². The van der Waals surface area contributed by atoms with E-state index in [4.69, 9.17) is 16.3 Å². The van der Waals surface area contributed by atoms with Crippen molar-refractivity contribution in [3.63, 3.8) is 0 Å². The van der Waals surface area contributed by atoms with Crippen LogP contribution >= 0.6 is 11.6 Å². The van der Waals surface area contributed by atoms with Crippen LogP contribution in [0, 0.1) is 0 Å². The minimum Gasteiger partial charge on any atom is -0.497 e. The number of hydrogen-bond donors (Lipinski definition) is 2. The van der Waals surface area contributed by atoms with Gasteiger partial charge in [-0.15, -0.1) is 11.6 Å². The molecule has 0 bridgehead atoms. The van der Waals surface area contributed by atoms with Gasteiger partial charge < -0.3 is 15.4 Å². The van der Waals surface area contributed by atoms with Crippen molar-refractivity contribution in [3.05, 3.63) is 65.2 Å². The second-order valence-electron chi connectivity index (χ2n) is 7.81. The fourth-order valence-corrected chi connectivity index (χ4v) is 3.38. The zero-order valence-electron chi connectivity index (χ0n) is 17.0. The summed E-state index contributed by atoms with van der Waals surface area (Å²) in [7, 11) is 1.63. The smallest absolute Gasteiger partial charge is 0.242 e. The summed E-state index contributed by atoms with van der Waals surface area (Å²) in [5.41, 5.74) is 3.87. The van der Waals surface area contributed by atoms with E-state index in [9.17, 15) is 9.59 Å². The lowest BCUT2D eigenvalue weighted by atomic mass is 9.85. The third-order valence-corrected chi connectivity index (χ3v) is 4.98. The lowest BCUT2D eigenvalue weighted by Gasteiger charge is -2.35. The molecular weight excluding hydrogens is 388 g/mol. The molecule has 0 saturated carbocycles. The summed E-state index contributed by atoms with van der Waals surface area (Å²) in [5.74, 6) is 0.340. The summed E-state index contributed by atoms with van der Waals surface area (Å²) in [6.45, 7) is 5.81. The van der Waals surface area contributed by atoms with Gasteiger partial charge in [-0.1, -0.05) is 6.07 Å². The van der Waals surface area contributed by atoms with Gasteiger partial charge in [-0.05, 0) is 69.2 Å². The van der Waals surface area contributed by atoms with Crippen LogP contribution in [0.15, 0.2) is 48.5 Å². The minimum absolute atomic E-state index is 0.123. The normalized spacial score (nSPS) is 17.1. The van der Waals surface area contributed by atoms with Gasteiger partial charge in [0, 0.05) is 34.1 Å². The molecule has 29 heavy (non-hydrogen) atoms. The highest BCUT2D eigenvalue weighted by molar-refractivity contribution is 6.32. The number of anilines is 1. The molecule has 1 atom stereocenters. The van der Waals surface area contributed by atoms with E-state index in [1.807, 2.05) is 18.2 Å². The summed E-state index contributed by atoms with van der Waals surface area (Å²) >= 11 is 5.76. The monoisotopic (exact) mass is 412 g/mol. The van der Waals surface area contributed by atoms with Gasteiger partial charge in [-0.25, -0.2) is 0 Å². The number of carbonyl (C=O) groups is 2. The Morgan fingerprint density at radius 1 is 1.21 bits per heavy atom. The fraction of sp³-hybridized carbons (Fsp3) is 0.304. The first kappa shape index (κ1) is 20.9. The fourth-order valence-electron chi connectivity index (χ4n) is 3.33. The molecule has 1 unspecified atom stereocenters. The van der Waals surface area contributed by atoms with E-state index in [1.54, 1.807) is 44.4 Å². The highest BCUT2D eigenvalue weighted by Gasteiger charge is 2.28. The number of methoxy groups -OCH3 is 1. The Hall–Kier alpha value is -2.79. The van der Waals surface area contributed by atoms with Crippen LogP contribution < -0.4 is 15.4 Å². The molecule has 2 aromatic carbocycles. The Labute approximate surface area is 176 Å². The van der Waals surface area contributed by atoms with Crippen molar-refractivity contribution in [2.45, 2.75) is 38.1 Å². The molecule has 2 N–H and O–H groups in total. The van der Waals surface area contributed by atoms with E-state index in [0.717, 1.165) is 23.4 Å². The minimum atomic E-state index is -0.626. The number of alkyl halides is 1. The van der Waals surface area contributed by atoms with E-state index in [2.05, 4.69) is 24.5 Å². The number of nitrogens with one attached hydrogen (secondary N) is 2. The first-order valence-electron chi connectivity index (χ1n) is 9.45. The quantitative estimate of drug-likeness (QED) is 0.433. The maximum absolute atomic E-state index is 12.9. The number of ether oxygens (including phenoxy) is 1. The molecule has 2 aromatic rings. The number of ketones is 1. The van der Waals surface area contributed by atoms with Crippen LogP contribution in [0.1, 0.15) is 42.3 Å². The average molecular weight is 413 g/mol. The number of benzene rings is 2. The molecule has 5 nitrogen and oxygen atoms in total. The van der Waals surface area contributed by atoms with Crippen LogP contribution in [0.5, 0.6) is 5.75 Å². The van der Waals surface area contributed by atoms with Gasteiger partial charge in [0.05, 0.1) is 7.11 Å². The largest absolute Gasteiger partial charge is 0.497 e. The predicted molar refractivity (Wildman–Crippen MR) is 117 cm³/mol. The Morgan fingerprint density at radius 2 is 1.90 bits per heavy atom. The lowest BCUT2D eigenvalue weighted by Crippen LogP contribution is -2.43. The SMILES string of the molecule is COc1ccc2c(c1)/C(=C/C(=O)c1ccc(NC(=O)C(C)Cl)cc1)NC(C)(C)C2. The number of carbonyl (C=O) groups excluding carboxylic acids is 2. The first-order chi connectivity index (χ1) is 13.7. The van der Waals surface area contributed by atoms with Crippen molar-refractivity contribution in [1.29, 1.82) is 0 Å². The Kier molecular flexibility index (Phi) is 5.99. The zero-order valence-corrected chi connectivity index (χ0v) is 17.8. The van der Waals surface area contributed by atoms with Gasteiger partial charge in [-0.2, -0.15) is 0 Å². The van der Waals surface area contributed by atoms with Gasteiger partial charge in [0.2, 0.25) is 5.91 Å². The molecule has 0 saturated heterocycles. The van der Waals surface area contributed by atoms with E-state index in [1.165, 1.54) is 5.56 Å². The van der Waals surface area contributed by atoms with Crippen molar-refractivity contribution in [1.82, 2.24) is 5.32 Å². The van der Waals surface area contributed by atoms with Crippen LogP contribution in [0.25, 0.3) is 5.70 Å². The molecule has 152 valence electrons. The molecule has 3 rings (SSSR count). The van der Waals surface area contributed by atoms with Crippen molar-refractivity contribution in [3.8, 4) is 5.75 Å². The van der Waals surface area contributed by atoms with E-state index < -0.39 is 5.38 Å².